The van der Waals surface area contributed by atoms with E-state index in [0.717, 1.165) is 0 Å². The van der Waals surface area contributed by atoms with Crippen molar-refractivity contribution in [2.24, 2.45) is 5.92 Å². The number of carbonyl (C=O) groups excluding carboxylic acids is 1. The molecule has 1 unspecified atom stereocenters. The van der Waals surface area contributed by atoms with Crippen molar-refractivity contribution >= 4 is 17.9 Å². The van der Waals surface area contributed by atoms with Crippen LogP contribution in [0.3, 0.4) is 0 Å². The van der Waals surface area contributed by atoms with Crippen LogP contribution in [0.25, 0.3) is 0 Å². The van der Waals surface area contributed by atoms with Crippen LogP contribution >= 0.6 is 0 Å². The fourth-order valence-corrected chi connectivity index (χ4v) is 2.05. The summed E-state index contributed by atoms with van der Waals surface area (Å²) >= 11 is 0. The number of nitrogens with zero attached hydrogens (tertiary/aromatic N) is 4. The average Bonchev–Trinajstić information content (AvgIpc) is 2.43. The number of aromatic nitrogens is 3. The Bertz CT molecular complexity index is 534. The highest BCUT2D eigenvalue weighted by atomic mass is 16.4. The van der Waals surface area contributed by atoms with Gasteiger partial charge in [-0.1, -0.05) is 0 Å². The van der Waals surface area contributed by atoms with E-state index in [-0.39, 0.29) is 18.5 Å². The van der Waals surface area contributed by atoms with Crippen molar-refractivity contribution < 1.29 is 14.7 Å². The number of aryl methyl sites for hydroxylation is 2. The topological polar surface area (TPSA) is 108 Å². The number of hydrogen-bond donors (Lipinski definition) is 2. The molecule has 1 fully saturated rings. The predicted octanol–water partition coefficient (Wildman–Crippen LogP) is 0.817. The van der Waals surface area contributed by atoms with Crippen molar-refractivity contribution in [1.82, 2.24) is 20.1 Å². The van der Waals surface area contributed by atoms with Gasteiger partial charge in [-0.3, -0.25) is 10.1 Å². The van der Waals surface area contributed by atoms with Gasteiger partial charge in [0.05, 0.1) is 17.3 Å². The lowest BCUT2D eigenvalue weighted by molar-refractivity contribution is -0.143. The number of urea groups is 1. The van der Waals surface area contributed by atoms with Crippen molar-refractivity contribution in [3.63, 3.8) is 0 Å². The van der Waals surface area contributed by atoms with Crippen LogP contribution in [-0.2, 0) is 4.79 Å². The van der Waals surface area contributed by atoms with Crippen LogP contribution < -0.4 is 5.32 Å². The van der Waals surface area contributed by atoms with Gasteiger partial charge in [0.15, 0.2) is 0 Å². The number of anilines is 1. The first-order valence-corrected chi connectivity index (χ1v) is 6.44. The summed E-state index contributed by atoms with van der Waals surface area (Å²) < 4.78 is 0. The van der Waals surface area contributed by atoms with Crippen LogP contribution in [-0.4, -0.2) is 50.3 Å². The third-order valence-electron chi connectivity index (χ3n) is 3.37. The number of rotatable bonds is 2. The van der Waals surface area contributed by atoms with Crippen molar-refractivity contribution in [3.8, 4) is 0 Å². The highest BCUT2D eigenvalue weighted by molar-refractivity contribution is 5.87. The summed E-state index contributed by atoms with van der Waals surface area (Å²) in [4.78, 5) is 28.6. The highest BCUT2D eigenvalue weighted by Gasteiger charge is 2.28. The summed E-state index contributed by atoms with van der Waals surface area (Å²) in [6.07, 6.45) is 1.28. The number of hydrogen-bond acceptors (Lipinski definition) is 5. The molecular formula is C12H17N5O3. The molecule has 0 saturated carbocycles. The fraction of sp³-hybridized carbons (Fsp3) is 0.583. The molecule has 0 aliphatic carbocycles. The van der Waals surface area contributed by atoms with Crippen molar-refractivity contribution in [1.29, 1.82) is 0 Å². The Hall–Kier alpha value is -2.25. The van der Waals surface area contributed by atoms with Crippen LogP contribution in [0.15, 0.2) is 0 Å². The van der Waals surface area contributed by atoms with E-state index in [1.54, 1.807) is 13.8 Å². The smallest absolute Gasteiger partial charge is 0.324 e. The van der Waals surface area contributed by atoms with Crippen molar-refractivity contribution in [3.05, 3.63) is 11.4 Å². The molecule has 0 spiro atoms. The van der Waals surface area contributed by atoms with E-state index in [0.29, 0.717) is 30.8 Å². The van der Waals surface area contributed by atoms with Crippen molar-refractivity contribution in [2.75, 3.05) is 18.4 Å². The zero-order chi connectivity index (χ0) is 14.7. The van der Waals surface area contributed by atoms with Gasteiger partial charge in [-0.15, -0.1) is 5.10 Å². The lowest BCUT2D eigenvalue weighted by atomic mass is 9.99. The maximum Gasteiger partial charge on any atom is 0.324 e. The molecule has 8 nitrogen and oxygen atoms in total. The van der Waals surface area contributed by atoms with Gasteiger partial charge in [0.2, 0.25) is 0 Å². The second-order valence-corrected chi connectivity index (χ2v) is 4.86. The van der Waals surface area contributed by atoms with E-state index >= 15 is 0 Å². The molecule has 108 valence electrons. The summed E-state index contributed by atoms with van der Waals surface area (Å²) in [5.74, 6) is -1.24. The molecule has 0 radical (unpaired) electrons. The lowest BCUT2D eigenvalue weighted by Crippen LogP contribution is -2.44. The lowest BCUT2D eigenvalue weighted by Gasteiger charge is -2.30. The fourth-order valence-electron chi connectivity index (χ4n) is 2.05. The normalized spacial score (nSPS) is 18.7. The van der Waals surface area contributed by atoms with Gasteiger partial charge < -0.3 is 10.0 Å². The SMILES string of the molecule is Cc1nnc(NC(=O)N2CCCC(C(=O)O)C2)nc1C. The van der Waals surface area contributed by atoms with E-state index in [1.165, 1.54) is 4.90 Å². The third kappa shape index (κ3) is 3.19. The van der Waals surface area contributed by atoms with Crippen LogP contribution in [0.1, 0.15) is 24.2 Å². The highest BCUT2D eigenvalue weighted by Crippen LogP contribution is 2.17. The maximum atomic E-state index is 12.0. The van der Waals surface area contributed by atoms with E-state index < -0.39 is 11.9 Å². The number of nitrogens with one attached hydrogen (secondary N) is 1. The summed E-state index contributed by atoms with van der Waals surface area (Å²) in [5, 5.41) is 19.2. The number of carboxylic acids is 1. The Labute approximate surface area is 116 Å². The summed E-state index contributed by atoms with van der Waals surface area (Å²) in [6.45, 7) is 4.30. The standard InChI is InChI=1S/C12H17N5O3/c1-7-8(2)15-16-11(13-7)14-12(20)17-5-3-4-9(6-17)10(18)19/h9H,3-6H2,1-2H3,(H,18,19)(H,13,14,16,20). The Morgan fingerprint density at radius 1 is 1.30 bits per heavy atom. The molecular weight excluding hydrogens is 262 g/mol. The molecule has 0 bridgehead atoms. The second kappa shape index (κ2) is 5.81. The molecule has 1 aliphatic rings. The number of carbonyl (C=O) groups is 2. The molecule has 2 heterocycles. The van der Waals surface area contributed by atoms with Gasteiger partial charge >= 0.3 is 12.0 Å². The van der Waals surface area contributed by atoms with Gasteiger partial charge in [0, 0.05) is 13.1 Å². The Kier molecular flexibility index (Phi) is 4.11. The number of amides is 2. The van der Waals surface area contributed by atoms with Gasteiger partial charge in [-0.05, 0) is 26.7 Å². The van der Waals surface area contributed by atoms with Gasteiger partial charge in [0.25, 0.3) is 5.95 Å². The Balaban J connectivity index is 2.00. The molecule has 8 heteroatoms. The number of aliphatic carboxylic acids is 1. The van der Waals surface area contributed by atoms with E-state index in [1.807, 2.05) is 0 Å². The van der Waals surface area contributed by atoms with Crippen molar-refractivity contribution in [2.45, 2.75) is 26.7 Å². The van der Waals surface area contributed by atoms with Crippen LogP contribution in [0.5, 0.6) is 0 Å². The minimum absolute atomic E-state index is 0.135. The predicted molar refractivity (Wildman–Crippen MR) is 70.3 cm³/mol. The number of carboxylic acid groups (broad SMARTS) is 1. The van der Waals surface area contributed by atoms with Gasteiger partial charge in [-0.2, -0.15) is 5.10 Å². The van der Waals surface area contributed by atoms with E-state index in [9.17, 15) is 9.59 Å². The summed E-state index contributed by atoms with van der Waals surface area (Å²) in [5.41, 5.74) is 1.39. The first kappa shape index (κ1) is 14.2. The zero-order valence-electron chi connectivity index (χ0n) is 11.5. The van der Waals surface area contributed by atoms with E-state index in [2.05, 4.69) is 20.5 Å². The Morgan fingerprint density at radius 3 is 2.70 bits per heavy atom. The zero-order valence-corrected chi connectivity index (χ0v) is 11.5. The largest absolute Gasteiger partial charge is 0.481 e. The summed E-state index contributed by atoms with van der Waals surface area (Å²) in [6, 6.07) is -0.388. The molecule has 2 rings (SSSR count). The molecule has 1 saturated heterocycles. The van der Waals surface area contributed by atoms with E-state index in [4.69, 9.17) is 5.11 Å². The minimum atomic E-state index is -0.869. The minimum Gasteiger partial charge on any atom is -0.481 e. The molecule has 0 aromatic carbocycles. The summed E-state index contributed by atoms with van der Waals surface area (Å²) in [7, 11) is 0. The maximum absolute atomic E-state index is 12.0. The Morgan fingerprint density at radius 2 is 2.05 bits per heavy atom. The quantitative estimate of drug-likeness (QED) is 0.829. The molecule has 20 heavy (non-hydrogen) atoms. The van der Waals surface area contributed by atoms with Crippen LogP contribution in [0.4, 0.5) is 10.7 Å². The first-order chi connectivity index (χ1) is 9.47. The molecule has 1 atom stereocenters. The second-order valence-electron chi connectivity index (χ2n) is 4.86. The first-order valence-electron chi connectivity index (χ1n) is 6.44. The number of likely N-dealkylation sites (tertiary alicyclic amines) is 1. The monoisotopic (exact) mass is 279 g/mol. The molecule has 2 amide bonds. The molecule has 1 aromatic rings. The molecule has 1 aromatic heterocycles. The number of piperidine rings is 1. The van der Waals surface area contributed by atoms with Crippen LogP contribution in [0, 0.1) is 19.8 Å². The molecule has 1 aliphatic heterocycles. The third-order valence-corrected chi connectivity index (χ3v) is 3.37. The van der Waals surface area contributed by atoms with Gasteiger partial charge in [0.1, 0.15) is 0 Å². The molecule has 2 N–H and O–H groups in total. The van der Waals surface area contributed by atoms with Crippen LogP contribution in [0.2, 0.25) is 0 Å². The average molecular weight is 279 g/mol. The van der Waals surface area contributed by atoms with Gasteiger partial charge in [-0.25, -0.2) is 9.78 Å².